The summed E-state index contributed by atoms with van der Waals surface area (Å²) in [6.45, 7) is 8.22. The molecule has 0 bridgehead atoms. The van der Waals surface area contributed by atoms with Crippen molar-refractivity contribution in [2.45, 2.75) is 84.8 Å². The zero-order chi connectivity index (χ0) is 27.2. The molecule has 0 radical (unpaired) electrons. The maximum absolute atomic E-state index is 13.5. The van der Waals surface area contributed by atoms with Gasteiger partial charge < -0.3 is 10.2 Å². The minimum atomic E-state index is -3.52. The summed E-state index contributed by atoms with van der Waals surface area (Å²) in [6.07, 6.45) is 5.85. The molecule has 8 heteroatoms. The van der Waals surface area contributed by atoms with E-state index in [9.17, 15) is 18.0 Å². The first-order valence-corrected chi connectivity index (χ1v) is 15.0. The van der Waals surface area contributed by atoms with Crippen LogP contribution in [0.15, 0.2) is 42.5 Å². The van der Waals surface area contributed by atoms with Gasteiger partial charge >= 0.3 is 0 Å². The van der Waals surface area contributed by atoms with Crippen LogP contribution in [0.3, 0.4) is 0 Å². The monoisotopic (exact) mass is 527 g/mol. The second-order valence-corrected chi connectivity index (χ2v) is 12.2. The quantitative estimate of drug-likeness (QED) is 0.461. The average molecular weight is 528 g/mol. The van der Waals surface area contributed by atoms with E-state index in [2.05, 4.69) is 5.32 Å². The van der Waals surface area contributed by atoms with Crippen LogP contribution in [0.4, 0.5) is 5.69 Å². The van der Waals surface area contributed by atoms with E-state index in [1.165, 1.54) is 10.6 Å². The SMILES string of the molecule is Cc1ccc(N(CCCC(=O)N(Cc2ccccc2C)C(C)C(=O)NC2CCCC2)S(C)(=O)=O)cc1C. The van der Waals surface area contributed by atoms with Crippen molar-refractivity contribution >= 4 is 27.5 Å². The number of carbonyl (C=O) groups excluding carboxylic acids is 2. The summed E-state index contributed by atoms with van der Waals surface area (Å²) in [7, 11) is -3.52. The summed E-state index contributed by atoms with van der Waals surface area (Å²) in [5.74, 6) is -0.299. The number of carbonyl (C=O) groups is 2. The number of rotatable bonds is 11. The molecule has 1 aliphatic rings. The molecule has 0 aliphatic heterocycles. The first-order chi connectivity index (χ1) is 17.5. The first kappa shape index (κ1) is 28.7. The third-order valence-electron chi connectivity index (χ3n) is 7.40. The number of amides is 2. The molecule has 1 unspecified atom stereocenters. The summed E-state index contributed by atoms with van der Waals surface area (Å²) < 4.78 is 26.5. The van der Waals surface area contributed by atoms with Crippen molar-refractivity contribution in [3.63, 3.8) is 0 Å². The highest BCUT2D eigenvalue weighted by atomic mass is 32.2. The lowest BCUT2D eigenvalue weighted by Gasteiger charge is -2.30. The van der Waals surface area contributed by atoms with E-state index in [1.54, 1.807) is 17.9 Å². The Hall–Kier alpha value is -2.87. The molecular formula is C29H41N3O4S. The van der Waals surface area contributed by atoms with Crippen LogP contribution in [0.2, 0.25) is 0 Å². The van der Waals surface area contributed by atoms with Crippen LogP contribution in [0.5, 0.6) is 0 Å². The molecule has 1 atom stereocenters. The van der Waals surface area contributed by atoms with Gasteiger partial charge in [-0.3, -0.25) is 13.9 Å². The Morgan fingerprint density at radius 1 is 1.00 bits per heavy atom. The third kappa shape index (κ3) is 7.81. The average Bonchev–Trinajstić information content (AvgIpc) is 3.35. The Bertz CT molecular complexity index is 1210. The lowest BCUT2D eigenvalue weighted by molar-refractivity contribution is -0.141. The summed E-state index contributed by atoms with van der Waals surface area (Å²) in [6, 6.07) is 13.0. The van der Waals surface area contributed by atoms with Gasteiger partial charge in [-0.1, -0.05) is 43.2 Å². The molecule has 2 aromatic rings. The minimum Gasteiger partial charge on any atom is -0.352 e. The first-order valence-electron chi connectivity index (χ1n) is 13.2. The zero-order valence-corrected chi connectivity index (χ0v) is 23.6. The van der Waals surface area contributed by atoms with E-state index in [-0.39, 0.29) is 30.8 Å². The molecular weight excluding hydrogens is 486 g/mol. The fourth-order valence-electron chi connectivity index (χ4n) is 4.83. The highest BCUT2D eigenvalue weighted by Crippen LogP contribution is 2.23. The van der Waals surface area contributed by atoms with Crippen molar-refractivity contribution < 1.29 is 18.0 Å². The van der Waals surface area contributed by atoms with E-state index >= 15 is 0 Å². The van der Waals surface area contributed by atoms with Gasteiger partial charge in [0.25, 0.3) is 0 Å². The molecule has 2 amide bonds. The van der Waals surface area contributed by atoms with E-state index in [4.69, 9.17) is 0 Å². The molecule has 3 rings (SSSR count). The van der Waals surface area contributed by atoms with E-state index in [0.717, 1.165) is 47.9 Å². The molecule has 37 heavy (non-hydrogen) atoms. The van der Waals surface area contributed by atoms with E-state index < -0.39 is 16.1 Å². The molecule has 0 heterocycles. The zero-order valence-electron chi connectivity index (χ0n) is 22.8. The van der Waals surface area contributed by atoms with Crippen molar-refractivity contribution in [3.05, 3.63) is 64.7 Å². The smallest absolute Gasteiger partial charge is 0.242 e. The number of nitrogens with zero attached hydrogens (tertiary/aromatic N) is 2. The van der Waals surface area contributed by atoms with Crippen molar-refractivity contribution in [1.29, 1.82) is 0 Å². The van der Waals surface area contributed by atoms with Gasteiger partial charge in [0.15, 0.2) is 0 Å². The van der Waals surface area contributed by atoms with Gasteiger partial charge in [-0.25, -0.2) is 8.42 Å². The molecule has 1 fully saturated rings. The predicted octanol–water partition coefficient (Wildman–Crippen LogP) is 4.63. The fourth-order valence-corrected chi connectivity index (χ4v) is 5.79. The Morgan fingerprint density at radius 3 is 2.30 bits per heavy atom. The Labute approximate surface area is 222 Å². The van der Waals surface area contributed by atoms with Crippen LogP contribution < -0.4 is 9.62 Å². The highest BCUT2D eigenvalue weighted by molar-refractivity contribution is 7.92. The topological polar surface area (TPSA) is 86.8 Å². The Kier molecular flexibility index (Phi) is 9.76. The standard InChI is InChI=1S/C29H41N3O4S/c1-21-16-17-27(19-23(21)3)32(37(5,35)36)18-10-15-28(33)31(20-25-12-7-6-11-22(25)2)24(4)29(34)30-26-13-8-9-14-26/h6-7,11-12,16-17,19,24,26H,8-10,13-15,18,20H2,1-5H3,(H,30,34). The number of anilines is 1. The van der Waals surface area contributed by atoms with Crippen LogP contribution in [0, 0.1) is 20.8 Å². The van der Waals surface area contributed by atoms with Gasteiger partial charge in [0.2, 0.25) is 21.8 Å². The number of sulfonamides is 1. The van der Waals surface area contributed by atoms with Gasteiger partial charge in [0.05, 0.1) is 11.9 Å². The number of benzene rings is 2. The van der Waals surface area contributed by atoms with E-state index in [1.807, 2.05) is 57.2 Å². The van der Waals surface area contributed by atoms with Crippen LogP contribution in [0.25, 0.3) is 0 Å². The van der Waals surface area contributed by atoms with Gasteiger partial charge in [-0.05, 0) is 81.3 Å². The Morgan fingerprint density at radius 2 is 1.68 bits per heavy atom. The molecule has 2 aromatic carbocycles. The molecule has 1 N–H and O–H groups in total. The lowest BCUT2D eigenvalue weighted by atomic mass is 10.1. The van der Waals surface area contributed by atoms with Crippen LogP contribution in [-0.4, -0.2) is 50.0 Å². The molecule has 1 saturated carbocycles. The third-order valence-corrected chi connectivity index (χ3v) is 8.60. The number of hydrogen-bond donors (Lipinski definition) is 1. The molecule has 0 spiro atoms. The molecule has 202 valence electrons. The number of nitrogens with one attached hydrogen (secondary N) is 1. The second-order valence-electron chi connectivity index (χ2n) is 10.3. The van der Waals surface area contributed by atoms with Gasteiger partial charge in [-0.15, -0.1) is 0 Å². The van der Waals surface area contributed by atoms with Crippen LogP contribution in [-0.2, 0) is 26.2 Å². The van der Waals surface area contributed by atoms with Gasteiger partial charge in [-0.2, -0.15) is 0 Å². The normalized spacial score (nSPS) is 14.8. The van der Waals surface area contributed by atoms with Crippen LogP contribution in [0.1, 0.15) is 67.7 Å². The molecule has 0 saturated heterocycles. The van der Waals surface area contributed by atoms with Gasteiger partial charge in [0.1, 0.15) is 6.04 Å². The molecule has 1 aliphatic carbocycles. The Balaban J connectivity index is 1.73. The van der Waals surface area contributed by atoms with Gasteiger partial charge in [0, 0.05) is 25.6 Å². The molecule has 0 aromatic heterocycles. The van der Waals surface area contributed by atoms with E-state index in [0.29, 0.717) is 18.7 Å². The van der Waals surface area contributed by atoms with Crippen LogP contribution >= 0.6 is 0 Å². The summed E-state index contributed by atoms with van der Waals surface area (Å²) in [4.78, 5) is 28.2. The lowest BCUT2D eigenvalue weighted by Crippen LogP contribution is -2.49. The number of hydrogen-bond acceptors (Lipinski definition) is 4. The predicted molar refractivity (Wildman–Crippen MR) is 149 cm³/mol. The number of aryl methyl sites for hydroxylation is 3. The van der Waals surface area contributed by atoms with Crippen molar-refractivity contribution in [3.8, 4) is 0 Å². The minimum absolute atomic E-state index is 0.137. The van der Waals surface area contributed by atoms with Crippen molar-refractivity contribution in [1.82, 2.24) is 10.2 Å². The van der Waals surface area contributed by atoms with Crippen molar-refractivity contribution in [2.75, 3.05) is 17.1 Å². The van der Waals surface area contributed by atoms with Crippen molar-refractivity contribution in [2.24, 2.45) is 0 Å². The molecule has 7 nitrogen and oxygen atoms in total. The maximum atomic E-state index is 13.5. The second kappa shape index (κ2) is 12.6. The summed E-state index contributed by atoms with van der Waals surface area (Å²) in [5.41, 5.74) is 4.74. The largest absolute Gasteiger partial charge is 0.352 e. The highest BCUT2D eigenvalue weighted by Gasteiger charge is 2.29. The summed E-state index contributed by atoms with van der Waals surface area (Å²) in [5, 5.41) is 3.12. The summed E-state index contributed by atoms with van der Waals surface area (Å²) >= 11 is 0. The maximum Gasteiger partial charge on any atom is 0.242 e. The fraction of sp³-hybridized carbons (Fsp3) is 0.517.